The van der Waals surface area contributed by atoms with E-state index in [2.05, 4.69) is 27.9 Å². The lowest BCUT2D eigenvalue weighted by atomic mass is 10.4. The van der Waals surface area contributed by atoms with Crippen molar-refractivity contribution in [1.29, 1.82) is 0 Å². The molecule has 1 aromatic rings. The van der Waals surface area contributed by atoms with Crippen LogP contribution in [0, 0.1) is 0 Å². The van der Waals surface area contributed by atoms with Gasteiger partial charge in [-0.3, -0.25) is 15.2 Å². The van der Waals surface area contributed by atoms with Crippen LogP contribution in [-0.2, 0) is 0 Å². The lowest BCUT2D eigenvalue weighted by Crippen LogP contribution is -2.48. The van der Waals surface area contributed by atoms with Crippen LogP contribution in [0.25, 0.3) is 0 Å². The van der Waals surface area contributed by atoms with Crippen molar-refractivity contribution in [2.75, 3.05) is 6.54 Å². The standard InChI is InChI=1S/C9H10BrN3O2S/c1-2-5-13(9(11)16)12-8(14)6-3-4-7(10)15-6/h2-4H,1,5H2,(H2,11,16)(H,12,14). The Morgan fingerprint density at radius 1 is 1.75 bits per heavy atom. The summed E-state index contributed by atoms with van der Waals surface area (Å²) in [4.78, 5) is 11.6. The zero-order valence-electron chi connectivity index (χ0n) is 8.27. The topological polar surface area (TPSA) is 71.5 Å². The molecule has 0 spiro atoms. The van der Waals surface area contributed by atoms with E-state index in [0.717, 1.165) is 0 Å². The number of nitrogens with zero attached hydrogens (tertiary/aromatic N) is 1. The predicted molar refractivity (Wildman–Crippen MR) is 67.6 cm³/mol. The number of carbonyl (C=O) groups is 1. The van der Waals surface area contributed by atoms with Crippen molar-refractivity contribution in [1.82, 2.24) is 10.4 Å². The Hall–Kier alpha value is -1.34. The third-order valence-corrected chi connectivity index (χ3v) is 2.26. The smallest absolute Gasteiger partial charge is 0.305 e. The maximum absolute atomic E-state index is 11.6. The molecular formula is C9H10BrN3O2S. The number of furan rings is 1. The fourth-order valence-electron chi connectivity index (χ4n) is 0.934. The molecule has 0 bridgehead atoms. The lowest BCUT2D eigenvalue weighted by molar-refractivity contribution is 0.0848. The minimum absolute atomic E-state index is 0.0545. The van der Waals surface area contributed by atoms with Gasteiger partial charge >= 0.3 is 5.91 Å². The summed E-state index contributed by atoms with van der Waals surface area (Å²) in [6.07, 6.45) is 1.57. The van der Waals surface area contributed by atoms with E-state index in [1.807, 2.05) is 0 Å². The highest BCUT2D eigenvalue weighted by Gasteiger charge is 2.14. The highest BCUT2D eigenvalue weighted by atomic mass is 79.9. The highest BCUT2D eigenvalue weighted by molar-refractivity contribution is 9.10. The predicted octanol–water partition coefficient (Wildman–Crippen LogP) is 1.42. The van der Waals surface area contributed by atoms with Crippen LogP contribution in [0.4, 0.5) is 0 Å². The Morgan fingerprint density at radius 3 is 2.88 bits per heavy atom. The van der Waals surface area contributed by atoms with Gasteiger partial charge in [0, 0.05) is 0 Å². The van der Waals surface area contributed by atoms with Crippen molar-refractivity contribution in [3.05, 3.63) is 35.2 Å². The number of halogens is 1. The van der Waals surface area contributed by atoms with Crippen LogP contribution in [0.2, 0.25) is 0 Å². The van der Waals surface area contributed by atoms with Crippen LogP contribution in [0.15, 0.2) is 33.9 Å². The zero-order valence-corrected chi connectivity index (χ0v) is 10.7. The van der Waals surface area contributed by atoms with E-state index in [9.17, 15) is 4.79 Å². The summed E-state index contributed by atoms with van der Waals surface area (Å²) < 4.78 is 5.55. The minimum Gasteiger partial charge on any atom is -0.444 e. The molecule has 0 aliphatic rings. The van der Waals surface area contributed by atoms with Crippen LogP contribution < -0.4 is 11.2 Å². The summed E-state index contributed by atoms with van der Waals surface area (Å²) in [6, 6.07) is 3.15. The number of nitrogens with one attached hydrogen (secondary N) is 1. The minimum atomic E-state index is -0.430. The fraction of sp³-hybridized carbons (Fsp3) is 0.111. The molecule has 5 nitrogen and oxygen atoms in total. The molecule has 0 fully saturated rings. The van der Waals surface area contributed by atoms with Gasteiger partial charge < -0.3 is 10.2 Å². The van der Waals surface area contributed by atoms with Crippen LogP contribution in [0.3, 0.4) is 0 Å². The number of carbonyl (C=O) groups excluding carboxylic acids is 1. The highest BCUT2D eigenvalue weighted by Crippen LogP contribution is 2.13. The fourth-order valence-corrected chi connectivity index (χ4v) is 1.36. The average molecular weight is 304 g/mol. The molecule has 0 atom stereocenters. The van der Waals surface area contributed by atoms with Gasteiger partial charge in [0.25, 0.3) is 0 Å². The molecule has 86 valence electrons. The van der Waals surface area contributed by atoms with Crippen molar-refractivity contribution in [2.24, 2.45) is 5.73 Å². The second-order valence-electron chi connectivity index (χ2n) is 2.78. The number of thiocarbonyl (C=S) groups is 1. The Balaban J connectivity index is 2.68. The van der Waals surface area contributed by atoms with E-state index in [0.29, 0.717) is 11.2 Å². The average Bonchev–Trinajstić information content (AvgIpc) is 2.64. The first-order chi connectivity index (χ1) is 7.54. The van der Waals surface area contributed by atoms with Gasteiger partial charge in [0.2, 0.25) is 0 Å². The van der Waals surface area contributed by atoms with E-state index in [4.69, 9.17) is 22.4 Å². The molecule has 0 radical (unpaired) electrons. The van der Waals surface area contributed by atoms with E-state index >= 15 is 0 Å². The van der Waals surface area contributed by atoms with Gasteiger partial charge in [-0.25, -0.2) is 0 Å². The lowest BCUT2D eigenvalue weighted by Gasteiger charge is -2.20. The van der Waals surface area contributed by atoms with E-state index in [1.54, 1.807) is 12.1 Å². The number of nitrogens with two attached hydrogens (primary N) is 1. The van der Waals surface area contributed by atoms with Crippen molar-refractivity contribution in [3.63, 3.8) is 0 Å². The second kappa shape index (κ2) is 5.66. The van der Waals surface area contributed by atoms with Gasteiger partial charge in [-0.1, -0.05) is 6.08 Å². The number of hydrogen-bond acceptors (Lipinski definition) is 3. The van der Waals surface area contributed by atoms with Crippen molar-refractivity contribution in [3.8, 4) is 0 Å². The summed E-state index contributed by atoms with van der Waals surface area (Å²) in [5.41, 5.74) is 7.90. The van der Waals surface area contributed by atoms with E-state index < -0.39 is 5.91 Å². The number of amides is 1. The van der Waals surface area contributed by atoms with Gasteiger partial charge in [0.05, 0.1) is 6.54 Å². The molecule has 0 unspecified atom stereocenters. The van der Waals surface area contributed by atoms with Gasteiger partial charge in [-0.05, 0) is 40.3 Å². The van der Waals surface area contributed by atoms with Crippen molar-refractivity contribution in [2.45, 2.75) is 0 Å². The number of hydrogen-bond donors (Lipinski definition) is 2. The second-order valence-corrected chi connectivity index (χ2v) is 3.98. The third-order valence-electron chi connectivity index (χ3n) is 1.61. The van der Waals surface area contributed by atoms with Crippen LogP contribution in [-0.4, -0.2) is 22.6 Å². The van der Waals surface area contributed by atoms with E-state index in [1.165, 1.54) is 11.1 Å². The molecule has 3 N–H and O–H groups in total. The molecule has 0 aromatic carbocycles. The molecule has 1 heterocycles. The number of hydrazine groups is 1. The maximum Gasteiger partial charge on any atom is 0.305 e. The van der Waals surface area contributed by atoms with Crippen molar-refractivity contribution >= 4 is 39.2 Å². The number of rotatable bonds is 3. The summed E-state index contributed by atoms with van der Waals surface area (Å²) in [5.74, 6) is -0.266. The van der Waals surface area contributed by atoms with Crippen LogP contribution >= 0.6 is 28.1 Å². The normalized spacial score (nSPS) is 9.56. The van der Waals surface area contributed by atoms with Crippen molar-refractivity contribution < 1.29 is 9.21 Å². The zero-order chi connectivity index (χ0) is 12.1. The SMILES string of the molecule is C=CCN(NC(=O)c1ccc(Br)o1)C(N)=S. The molecule has 0 aliphatic carbocycles. The molecule has 0 aliphatic heterocycles. The molecule has 1 rings (SSSR count). The third kappa shape index (κ3) is 3.35. The molecule has 0 saturated carbocycles. The maximum atomic E-state index is 11.6. The molecule has 1 amide bonds. The first kappa shape index (κ1) is 12.7. The van der Waals surface area contributed by atoms with E-state index in [-0.39, 0.29) is 10.9 Å². The first-order valence-electron chi connectivity index (χ1n) is 4.28. The molecule has 0 saturated heterocycles. The van der Waals surface area contributed by atoms with Gasteiger partial charge in [-0.15, -0.1) is 6.58 Å². The largest absolute Gasteiger partial charge is 0.444 e. The Labute approximate surface area is 106 Å². The molecule has 7 heteroatoms. The molecule has 16 heavy (non-hydrogen) atoms. The Kier molecular flexibility index (Phi) is 4.51. The van der Waals surface area contributed by atoms with Gasteiger partial charge in [-0.2, -0.15) is 0 Å². The summed E-state index contributed by atoms with van der Waals surface area (Å²) in [6.45, 7) is 3.85. The molecular weight excluding hydrogens is 294 g/mol. The van der Waals surface area contributed by atoms with Gasteiger partial charge in [0.1, 0.15) is 0 Å². The first-order valence-corrected chi connectivity index (χ1v) is 5.49. The summed E-state index contributed by atoms with van der Waals surface area (Å²) in [7, 11) is 0. The Bertz CT molecular complexity index is 419. The monoisotopic (exact) mass is 303 g/mol. The van der Waals surface area contributed by atoms with Crippen LogP contribution in [0.1, 0.15) is 10.6 Å². The van der Waals surface area contributed by atoms with Gasteiger partial charge in [0.15, 0.2) is 15.5 Å². The summed E-state index contributed by atoms with van der Waals surface area (Å²) >= 11 is 7.86. The Morgan fingerprint density at radius 2 is 2.44 bits per heavy atom. The summed E-state index contributed by atoms with van der Waals surface area (Å²) in [5, 5.41) is 1.35. The van der Waals surface area contributed by atoms with Crippen LogP contribution in [0.5, 0.6) is 0 Å². The molecule has 1 aromatic heterocycles. The quantitative estimate of drug-likeness (QED) is 0.502.